The molecule has 5 nitrogen and oxygen atoms in total. The Labute approximate surface area is 112 Å². The van der Waals surface area contributed by atoms with Crippen LogP contribution >= 0.6 is 0 Å². The van der Waals surface area contributed by atoms with Gasteiger partial charge in [0.1, 0.15) is 0 Å². The topological polar surface area (TPSA) is 58.9 Å². The molecule has 0 bridgehead atoms. The molecule has 0 atom stereocenters. The summed E-state index contributed by atoms with van der Waals surface area (Å²) in [6, 6.07) is 7.75. The average Bonchev–Trinajstić information content (AvgIpc) is 2.71. The fourth-order valence-corrected chi connectivity index (χ4v) is 2.00. The lowest BCUT2D eigenvalue weighted by atomic mass is 10.1. The number of hydrogen-bond acceptors (Lipinski definition) is 3. The van der Waals surface area contributed by atoms with E-state index in [-0.39, 0.29) is 5.91 Å². The fourth-order valence-electron chi connectivity index (χ4n) is 2.00. The molecule has 1 heterocycles. The van der Waals surface area contributed by atoms with E-state index in [0.29, 0.717) is 12.1 Å². The van der Waals surface area contributed by atoms with Gasteiger partial charge in [0.05, 0.1) is 11.3 Å². The molecule has 0 fully saturated rings. The van der Waals surface area contributed by atoms with Crippen LogP contribution in [0.1, 0.15) is 21.6 Å². The Balaban J connectivity index is 2.21. The molecule has 0 unspecified atom stereocenters. The van der Waals surface area contributed by atoms with Crippen LogP contribution in [0, 0.1) is 6.92 Å². The minimum absolute atomic E-state index is 0.130. The van der Waals surface area contributed by atoms with Gasteiger partial charge < -0.3 is 10.6 Å². The maximum Gasteiger partial charge on any atom is 0.259 e. The summed E-state index contributed by atoms with van der Waals surface area (Å²) in [6.07, 6.45) is 1.73. The van der Waals surface area contributed by atoms with E-state index in [1.165, 1.54) is 0 Å². The van der Waals surface area contributed by atoms with Gasteiger partial charge in [0.25, 0.3) is 5.91 Å². The molecule has 0 aliphatic heterocycles. The second kappa shape index (κ2) is 5.67. The quantitative estimate of drug-likeness (QED) is 0.877. The van der Waals surface area contributed by atoms with Crippen LogP contribution < -0.4 is 10.6 Å². The molecule has 1 amide bonds. The molecule has 0 spiro atoms. The largest absolute Gasteiger partial charge is 0.322 e. The zero-order valence-corrected chi connectivity index (χ0v) is 11.4. The number of nitrogens with one attached hydrogen (secondary N) is 2. The molecule has 5 heteroatoms. The van der Waals surface area contributed by atoms with E-state index >= 15 is 0 Å². The van der Waals surface area contributed by atoms with Gasteiger partial charge in [0.2, 0.25) is 0 Å². The van der Waals surface area contributed by atoms with Crippen molar-refractivity contribution < 1.29 is 4.79 Å². The first-order chi connectivity index (χ1) is 9.11. The molecule has 1 aromatic heterocycles. The predicted octanol–water partition coefficient (Wildman–Crippen LogP) is 1.70. The minimum Gasteiger partial charge on any atom is -0.322 e. The van der Waals surface area contributed by atoms with Gasteiger partial charge in [-0.15, -0.1) is 0 Å². The number of carbonyl (C=O) groups is 1. The number of amides is 1. The lowest BCUT2D eigenvalue weighted by Gasteiger charge is -2.10. The third-order valence-electron chi connectivity index (χ3n) is 2.89. The highest BCUT2D eigenvalue weighted by atomic mass is 16.1. The molecule has 1 aromatic carbocycles. The summed E-state index contributed by atoms with van der Waals surface area (Å²) in [5, 5.41) is 10.2. The summed E-state index contributed by atoms with van der Waals surface area (Å²) < 4.78 is 1.64. The van der Waals surface area contributed by atoms with Crippen molar-refractivity contribution in [1.82, 2.24) is 15.1 Å². The van der Waals surface area contributed by atoms with Gasteiger partial charge in [0, 0.05) is 25.5 Å². The van der Waals surface area contributed by atoms with Gasteiger partial charge in [-0.1, -0.05) is 18.2 Å². The fraction of sp³-hybridized carbons (Fsp3) is 0.286. The highest BCUT2D eigenvalue weighted by Gasteiger charge is 2.13. The van der Waals surface area contributed by atoms with Crippen LogP contribution in [-0.2, 0) is 13.6 Å². The number of anilines is 1. The molecule has 2 rings (SSSR count). The van der Waals surface area contributed by atoms with Gasteiger partial charge in [-0.2, -0.15) is 5.10 Å². The highest BCUT2D eigenvalue weighted by Crippen LogP contribution is 2.16. The average molecular weight is 258 g/mol. The van der Waals surface area contributed by atoms with Crippen LogP contribution in [0.15, 0.2) is 30.5 Å². The highest BCUT2D eigenvalue weighted by molar-refractivity contribution is 6.05. The third kappa shape index (κ3) is 3.00. The molecule has 0 saturated carbocycles. The zero-order chi connectivity index (χ0) is 13.8. The monoisotopic (exact) mass is 258 g/mol. The van der Waals surface area contributed by atoms with E-state index in [0.717, 1.165) is 16.9 Å². The van der Waals surface area contributed by atoms with Gasteiger partial charge >= 0.3 is 0 Å². The number of para-hydroxylation sites is 1. The van der Waals surface area contributed by atoms with E-state index in [2.05, 4.69) is 15.7 Å². The summed E-state index contributed by atoms with van der Waals surface area (Å²) in [5.41, 5.74) is 3.21. The Morgan fingerprint density at radius 2 is 2.11 bits per heavy atom. The first kappa shape index (κ1) is 13.3. The molecule has 19 heavy (non-hydrogen) atoms. The third-order valence-corrected chi connectivity index (χ3v) is 2.89. The van der Waals surface area contributed by atoms with Crippen LogP contribution in [0.4, 0.5) is 5.69 Å². The maximum atomic E-state index is 12.2. The number of nitrogens with zero attached hydrogens (tertiary/aromatic N) is 2. The summed E-state index contributed by atoms with van der Waals surface area (Å²) in [7, 11) is 3.68. The normalized spacial score (nSPS) is 10.5. The van der Waals surface area contributed by atoms with Crippen molar-refractivity contribution in [2.75, 3.05) is 12.4 Å². The van der Waals surface area contributed by atoms with Crippen molar-refractivity contribution >= 4 is 11.6 Å². The lowest BCUT2D eigenvalue weighted by molar-refractivity contribution is 0.102. The Morgan fingerprint density at radius 1 is 1.37 bits per heavy atom. The van der Waals surface area contributed by atoms with Crippen molar-refractivity contribution in [3.8, 4) is 0 Å². The summed E-state index contributed by atoms with van der Waals surface area (Å²) in [6.45, 7) is 2.54. The number of aromatic nitrogens is 2. The molecule has 0 aliphatic carbocycles. The Hall–Kier alpha value is -2.14. The molecular formula is C14H18N4O. The number of carbonyl (C=O) groups excluding carboxylic acids is 1. The molecule has 0 aliphatic rings. The van der Waals surface area contributed by atoms with Crippen LogP contribution in [0.3, 0.4) is 0 Å². The second-order valence-corrected chi connectivity index (χ2v) is 4.44. The molecule has 2 N–H and O–H groups in total. The predicted molar refractivity (Wildman–Crippen MR) is 75.1 cm³/mol. The number of benzene rings is 1. The van der Waals surface area contributed by atoms with E-state index in [4.69, 9.17) is 0 Å². The first-order valence-corrected chi connectivity index (χ1v) is 6.16. The van der Waals surface area contributed by atoms with Crippen LogP contribution in [0.25, 0.3) is 0 Å². The van der Waals surface area contributed by atoms with E-state index < -0.39 is 0 Å². The molecule has 100 valence electrons. The van der Waals surface area contributed by atoms with Gasteiger partial charge in [0.15, 0.2) is 0 Å². The Kier molecular flexibility index (Phi) is 3.97. The van der Waals surface area contributed by atoms with Crippen LogP contribution in [0.5, 0.6) is 0 Å². The van der Waals surface area contributed by atoms with Crippen molar-refractivity contribution in [1.29, 1.82) is 0 Å². The molecule has 0 radical (unpaired) electrons. The van der Waals surface area contributed by atoms with Crippen molar-refractivity contribution in [2.24, 2.45) is 7.05 Å². The summed E-state index contributed by atoms with van der Waals surface area (Å²) in [4.78, 5) is 12.2. The Morgan fingerprint density at radius 3 is 2.74 bits per heavy atom. The summed E-state index contributed by atoms with van der Waals surface area (Å²) >= 11 is 0. The first-order valence-electron chi connectivity index (χ1n) is 6.16. The number of rotatable bonds is 4. The Bertz CT molecular complexity index is 589. The van der Waals surface area contributed by atoms with Crippen molar-refractivity contribution in [3.05, 3.63) is 47.3 Å². The van der Waals surface area contributed by atoms with E-state index in [9.17, 15) is 4.79 Å². The second-order valence-electron chi connectivity index (χ2n) is 4.44. The van der Waals surface area contributed by atoms with E-state index in [1.54, 1.807) is 17.9 Å². The maximum absolute atomic E-state index is 12.2. The minimum atomic E-state index is -0.130. The van der Waals surface area contributed by atoms with Gasteiger partial charge in [-0.25, -0.2) is 0 Å². The summed E-state index contributed by atoms with van der Waals surface area (Å²) in [5.74, 6) is -0.130. The molecular weight excluding hydrogens is 240 g/mol. The molecule has 0 saturated heterocycles. The van der Waals surface area contributed by atoms with Gasteiger partial charge in [-0.3, -0.25) is 9.48 Å². The van der Waals surface area contributed by atoms with Crippen LogP contribution in [-0.4, -0.2) is 22.7 Å². The smallest absolute Gasteiger partial charge is 0.259 e. The lowest BCUT2D eigenvalue weighted by Crippen LogP contribution is -2.15. The SMILES string of the molecule is CNCc1ccccc1NC(=O)c1cn(C)nc1C. The number of hydrogen-bond donors (Lipinski definition) is 2. The standard InChI is InChI=1S/C14H18N4O/c1-10-12(9-18(3)17-10)14(19)16-13-7-5-4-6-11(13)8-15-2/h4-7,9,15H,8H2,1-3H3,(H,16,19). The van der Waals surface area contributed by atoms with Gasteiger partial charge in [-0.05, 0) is 25.6 Å². The zero-order valence-electron chi connectivity index (χ0n) is 11.4. The number of aryl methyl sites for hydroxylation is 2. The van der Waals surface area contributed by atoms with Crippen molar-refractivity contribution in [2.45, 2.75) is 13.5 Å². The van der Waals surface area contributed by atoms with Crippen LogP contribution in [0.2, 0.25) is 0 Å². The molecule has 2 aromatic rings. The van der Waals surface area contributed by atoms with E-state index in [1.807, 2.05) is 38.2 Å². The van der Waals surface area contributed by atoms with Crippen molar-refractivity contribution in [3.63, 3.8) is 0 Å².